The second-order valence-electron chi connectivity index (χ2n) is 10.9. The van der Waals surface area contributed by atoms with Crippen molar-refractivity contribution in [1.29, 1.82) is 0 Å². The molecule has 1 aliphatic rings. The minimum Gasteiger partial charge on any atom is -0.410 e. The Balaban J connectivity index is 2.46. The van der Waals surface area contributed by atoms with E-state index in [-0.39, 0.29) is 11.7 Å². The van der Waals surface area contributed by atoms with Crippen LogP contribution in [0.15, 0.2) is 30.3 Å². The van der Waals surface area contributed by atoms with Crippen LogP contribution in [0.2, 0.25) is 16.6 Å². The number of carbonyl (C=O) groups excluding carboxylic acids is 1. The number of Topliss-reactive ketones (excluding diaryl/α,β-unsaturated/α-hetero) is 1. The zero-order valence-electron chi connectivity index (χ0n) is 21.6. The van der Waals surface area contributed by atoms with Crippen LogP contribution in [-0.4, -0.2) is 43.3 Å². The van der Waals surface area contributed by atoms with Crippen LogP contribution in [0.1, 0.15) is 80.9 Å². The molecule has 1 aliphatic heterocycles. The average Bonchev–Trinajstić information content (AvgIpc) is 2.69. The number of hydrogen-bond donors (Lipinski definition) is 1. The number of aliphatic hydroxyl groups excluding tert-OH is 1. The normalized spacial score (nSPS) is 23.9. The predicted octanol–water partition coefficient (Wildman–Crippen LogP) is 6.03. The van der Waals surface area contributed by atoms with Gasteiger partial charge in [0.2, 0.25) is 8.32 Å². The van der Waals surface area contributed by atoms with Gasteiger partial charge in [-0.2, -0.15) is 0 Å². The van der Waals surface area contributed by atoms with E-state index < -0.39 is 38.5 Å². The Bertz CT molecular complexity index is 722. The van der Waals surface area contributed by atoms with Crippen LogP contribution in [0.5, 0.6) is 0 Å². The van der Waals surface area contributed by atoms with E-state index in [4.69, 9.17) is 13.9 Å². The molecule has 0 saturated carbocycles. The Kier molecular flexibility index (Phi) is 8.90. The fraction of sp³-hybridized carbons (Fsp3) is 0.731. The third-order valence-electron chi connectivity index (χ3n) is 6.81. The first-order valence-corrected chi connectivity index (χ1v) is 14.2. The van der Waals surface area contributed by atoms with Crippen LogP contribution in [0, 0.1) is 5.92 Å². The molecule has 1 saturated heterocycles. The maximum Gasteiger partial charge on any atom is 0.200 e. The van der Waals surface area contributed by atoms with Gasteiger partial charge in [-0.1, -0.05) is 85.7 Å². The van der Waals surface area contributed by atoms with Gasteiger partial charge in [0.1, 0.15) is 12.2 Å². The summed E-state index contributed by atoms with van der Waals surface area (Å²) in [6, 6.07) is 9.19. The van der Waals surface area contributed by atoms with E-state index in [2.05, 4.69) is 55.4 Å². The van der Waals surface area contributed by atoms with Crippen molar-refractivity contribution < 1.29 is 23.8 Å². The summed E-state index contributed by atoms with van der Waals surface area (Å²) in [6.07, 6.45) is -3.28. The maximum absolute atomic E-state index is 13.7. The first kappa shape index (κ1) is 27.2. The van der Waals surface area contributed by atoms with Crippen molar-refractivity contribution in [2.75, 3.05) is 0 Å². The zero-order valence-corrected chi connectivity index (χ0v) is 22.6. The summed E-state index contributed by atoms with van der Waals surface area (Å²) in [6.45, 7) is 21.2. The first-order chi connectivity index (χ1) is 14.7. The lowest BCUT2D eigenvalue weighted by atomic mass is 9.91. The lowest BCUT2D eigenvalue weighted by molar-refractivity contribution is -0.302. The molecule has 0 unspecified atom stereocenters. The van der Waals surface area contributed by atoms with Crippen molar-refractivity contribution in [2.45, 2.75) is 116 Å². The van der Waals surface area contributed by atoms with Gasteiger partial charge in [-0.3, -0.25) is 4.79 Å². The Morgan fingerprint density at radius 1 is 0.875 bits per heavy atom. The minimum absolute atomic E-state index is 0.0653. The van der Waals surface area contributed by atoms with E-state index in [1.54, 1.807) is 13.8 Å². The molecule has 1 N–H and O–H groups in total. The molecule has 1 fully saturated rings. The van der Waals surface area contributed by atoms with Crippen molar-refractivity contribution in [3.05, 3.63) is 35.9 Å². The molecule has 2 rings (SSSR count). The van der Waals surface area contributed by atoms with Gasteiger partial charge in [-0.05, 0) is 42.0 Å². The molecule has 5 nitrogen and oxygen atoms in total. The van der Waals surface area contributed by atoms with Crippen LogP contribution in [0.4, 0.5) is 0 Å². The van der Waals surface area contributed by atoms with Crippen molar-refractivity contribution in [2.24, 2.45) is 5.92 Å². The molecule has 0 spiro atoms. The summed E-state index contributed by atoms with van der Waals surface area (Å²) in [5.41, 5.74) is 1.81. The predicted molar refractivity (Wildman–Crippen MR) is 131 cm³/mol. The first-order valence-electron chi connectivity index (χ1n) is 12.0. The number of aliphatic hydroxyl groups is 1. The number of hydrogen-bond acceptors (Lipinski definition) is 5. The molecule has 1 heterocycles. The summed E-state index contributed by atoms with van der Waals surface area (Å²) >= 11 is 0. The van der Waals surface area contributed by atoms with E-state index in [1.807, 2.05) is 30.3 Å². The molecule has 0 amide bonds. The number of benzene rings is 1. The number of carbonyl (C=O) groups is 1. The van der Waals surface area contributed by atoms with E-state index in [1.165, 1.54) is 0 Å². The van der Waals surface area contributed by atoms with Gasteiger partial charge in [-0.25, -0.2) is 0 Å². The van der Waals surface area contributed by atoms with E-state index in [0.29, 0.717) is 22.2 Å². The molecule has 0 aromatic heterocycles. The highest BCUT2D eigenvalue weighted by atomic mass is 28.4. The average molecular weight is 465 g/mol. The highest BCUT2D eigenvalue weighted by Crippen LogP contribution is 2.45. The quantitative estimate of drug-likeness (QED) is 0.452. The van der Waals surface area contributed by atoms with Crippen molar-refractivity contribution >= 4 is 14.1 Å². The van der Waals surface area contributed by atoms with Crippen LogP contribution in [-0.2, 0) is 18.7 Å². The van der Waals surface area contributed by atoms with Crippen LogP contribution in [0.3, 0.4) is 0 Å². The minimum atomic E-state index is -2.26. The topological polar surface area (TPSA) is 65.0 Å². The summed E-state index contributed by atoms with van der Waals surface area (Å²) < 4.78 is 19.3. The lowest BCUT2D eigenvalue weighted by Crippen LogP contribution is -2.61. The van der Waals surface area contributed by atoms with Crippen molar-refractivity contribution in [1.82, 2.24) is 0 Å². The molecule has 0 aliphatic carbocycles. The molecular formula is C26H44O5Si. The second-order valence-corrected chi connectivity index (χ2v) is 16.3. The van der Waals surface area contributed by atoms with Gasteiger partial charge >= 0.3 is 0 Å². The molecule has 4 atom stereocenters. The number of ether oxygens (including phenoxy) is 2. The van der Waals surface area contributed by atoms with Gasteiger partial charge in [0, 0.05) is 0 Å². The maximum atomic E-state index is 13.7. The summed E-state index contributed by atoms with van der Waals surface area (Å²) in [5, 5.41) is 11.0. The number of rotatable bonds is 9. The molecule has 6 heteroatoms. The van der Waals surface area contributed by atoms with Gasteiger partial charge in [-0.15, -0.1) is 0 Å². The van der Waals surface area contributed by atoms with Crippen molar-refractivity contribution in [3.63, 3.8) is 0 Å². The molecule has 32 heavy (non-hydrogen) atoms. The summed E-state index contributed by atoms with van der Waals surface area (Å²) in [4.78, 5) is 13.7. The zero-order chi connectivity index (χ0) is 24.4. The molecule has 1 aromatic rings. The fourth-order valence-electron chi connectivity index (χ4n) is 5.38. The fourth-order valence-corrected chi connectivity index (χ4v) is 11.1. The Hall–Kier alpha value is -1.05. The highest BCUT2D eigenvalue weighted by molar-refractivity contribution is 6.77. The number of ketones is 1. The second kappa shape index (κ2) is 10.5. The largest absolute Gasteiger partial charge is 0.410 e. The van der Waals surface area contributed by atoms with Gasteiger partial charge in [0.15, 0.2) is 17.7 Å². The van der Waals surface area contributed by atoms with E-state index in [9.17, 15) is 9.90 Å². The van der Waals surface area contributed by atoms with Gasteiger partial charge < -0.3 is 19.0 Å². The summed E-state index contributed by atoms with van der Waals surface area (Å²) in [7, 11) is -2.26. The van der Waals surface area contributed by atoms with E-state index in [0.717, 1.165) is 0 Å². The third-order valence-corrected chi connectivity index (χ3v) is 12.9. The highest BCUT2D eigenvalue weighted by Gasteiger charge is 2.53. The molecule has 0 radical (unpaired) electrons. The van der Waals surface area contributed by atoms with Crippen LogP contribution < -0.4 is 0 Å². The monoisotopic (exact) mass is 464 g/mol. The molecular weight excluding hydrogens is 420 g/mol. The van der Waals surface area contributed by atoms with Crippen LogP contribution >= 0.6 is 0 Å². The van der Waals surface area contributed by atoms with Crippen molar-refractivity contribution in [3.8, 4) is 0 Å². The molecule has 182 valence electrons. The smallest absolute Gasteiger partial charge is 0.200 e. The Morgan fingerprint density at radius 3 is 1.78 bits per heavy atom. The van der Waals surface area contributed by atoms with Gasteiger partial charge in [0.05, 0.1) is 6.10 Å². The van der Waals surface area contributed by atoms with E-state index >= 15 is 0 Å². The SMILES string of the molecule is CC(C)[C@H](O[Si](C(C)C)(C(C)C)C(C)C)[C@@H]1OC(C)(C)O[C@@H]([C@@H](O)c2ccccc2)C1=O. The van der Waals surface area contributed by atoms with Gasteiger partial charge in [0.25, 0.3) is 0 Å². The third kappa shape index (κ3) is 5.53. The standard InChI is InChI=1S/C26H44O5Si/c1-16(2)23(31-32(17(3)4,18(5)6)19(7)8)25-22(28)24(29-26(9,10)30-25)21(27)20-14-12-11-13-15-20/h11-19,21,23-25,27H,1-10H3/t21-,23-,24-,25+/m0/s1. The Labute approximate surface area is 196 Å². The van der Waals surface area contributed by atoms with Crippen LogP contribution in [0.25, 0.3) is 0 Å². The summed E-state index contributed by atoms with van der Waals surface area (Å²) in [5.74, 6) is -1.21. The molecule has 0 bridgehead atoms. The lowest BCUT2D eigenvalue weighted by Gasteiger charge is -2.49. The Morgan fingerprint density at radius 2 is 1.34 bits per heavy atom. The molecule has 1 aromatic carbocycles.